The highest BCUT2D eigenvalue weighted by atomic mass is 79.9. The smallest absolute Gasteiger partial charge is 0.188 e. The van der Waals surface area contributed by atoms with Crippen LogP contribution in [0.5, 0.6) is 5.75 Å². The standard InChI is InChI=1S/C9H11BrO2/c1-7-3-8(10)5-9(4-7)12-6-11-2/h3-5H,6H2,1-2H3. The Morgan fingerprint density at radius 3 is 2.67 bits per heavy atom. The SMILES string of the molecule is COCOc1cc(C)cc(Br)c1. The molecule has 0 aromatic heterocycles. The van der Waals surface area contributed by atoms with Crippen molar-refractivity contribution in [2.45, 2.75) is 6.92 Å². The first-order valence-electron chi connectivity index (χ1n) is 3.61. The van der Waals surface area contributed by atoms with E-state index in [4.69, 9.17) is 9.47 Å². The van der Waals surface area contributed by atoms with Crippen LogP contribution in [0.15, 0.2) is 22.7 Å². The molecule has 1 aromatic carbocycles. The highest BCUT2D eigenvalue weighted by Gasteiger charge is 1.96. The van der Waals surface area contributed by atoms with E-state index >= 15 is 0 Å². The number of hydrogen-bond donors (Lipinski definition) is 0. The second kappa shape index (κ2) is 4.48. The molecule has 0 saturated heterocycles. The first kappa shape index (κ1) is 9.55. The fourth-order valence-corrected chi connectivity index (χ4v) is 1.50. The lowest BCUT2D eigenvalue weighted by Gasteiger charge is -2.05. The summed E-state index contributed by atoms with van der Waals surface area (Å²) < 4.78 is 11.1. The van der Waals surface area contributed by atoms with Crippen LogP contribution in [-0.2, 0) is 4.74 Å². The Morgan fingerprint density at radius 1 is 1.33 bits per heavy atom. The number of methoxy groups -OCH3 is 1. The van der Waals surface area contributed by atoms with Crippen molar-refractivity contribution >= 4 is 15.9 Å². The zero-order chi connectivity index (χ0) is 8.97. The maximum absolute atomic E-state index is 5.26. The average Bonchev–Trinajstić information content (AvgIpc) is 1.99. The first-order valence-corrected chi connectivity index (χ1v) is 4.40. The van der Waals surface area contributed by atoms with Crippen molar-refractivity contribution < 1.29 is 9.47 Å². The second-order valence-electron chi connectivity index (χ2n) is 2.52. The minimum absolute atomic E-state index is 0.288. The van der Waals surface area contributed by atoms with Gasteiger partial charge in [-0.05, 0) is 30.7 Å². The van der Waals surface area contributed by atoms with Gasteiger partial charge >= 0.3 is 0 Å². The van der Waals surface area contributed by atoms with Gasteiger partial charge in [-0.15, -0.1) is 0 Å². The monoisotopic (exact) mass is 230 g/mol. The molecule has 0 N–H and O–H groups in total. The summed E-state index contributed by atoms with van der Waals surface area (Å²) in [6, 6.07) is 5.90. The van der Waals surface area contributed by atoms with E-state index < -0.39 is 0 Å². The fraction of sp³-hybridized carbons (Fsp3) is 0.333. The molecule has 0 fully saturated rings. The largest absolute Gasteiger partial charge is 0.468 e. The first-order chi connectivity index (χ1) is 5.72. The van der Waals surface area contributed by atoms with Crippen LogP contribution in [0.1, 0.15) is 5.56 Å². The molecule has 66 valence electrons. The van der Waals surface area contributed by atoms with Gasteiger partial charge < -0.3 is 9.47 Å². The number of benzene rings is 1. The van der Waals surface area contributed by atoms with Crippen molar-refractivity contribution in [2.24, 2.45) is 0 Å². The molecule has 0 saturated carbocycles. The van der Waals surface area contributed by atoms with E-state index in [0.717, 1.165) is 15.8 Å². The van der Waals surface area contributed by atoms with Gasteiger partial charge in [0.1, 0.15) is 5.75 Å². The Kier molecular flexibility index (Phi) is 3.56. The highest BCUT2D eigenvalue weighted by Crippen LogP contribution is 2.20. The van der Waals surface area contributed by atoms with Crippen LogP contribution >= 0.6 is 15.9 Å². The molecule has 0 aliphatic heterocycles. The van der Waals surface area contributed by atoms with Gasteiger partial charge in [-0.25, -0.2) is 0 Å². The molecule has 1 rings (SSSR count). The van der Waals surface area contributed by atoms with Crippen molar-refractivity contribution in [3.8, 4) is 5.75 Å². The van der Waals surface area contributed by atoms with Crippen LogP contribution in [0.4, 0.5) is 0 Å². The highest BCUT2D eigenvalue weighted by molar-refractivity contribution is 9.10. The summed E-state index contributed by atoms with van der Waals surface area (Å²) in [6.45, 7) is 2.31. The van der Waals surface area contributed by atoms with E-state index in [2.05, 4.69) is 15.9 Å². The Bertz CT molecular complexity index is 240. The Hall–Kier alpha value is -0.540. The van der Waals surface area contributed by atoms with Gasteiger partial charge in [0.25, 0.3) is 0 Å². The third kappa shape index (κ3) is 2.83. The molecule has 2 nitrogen and oxygen atoms in total. The van der Waals surface area contributed by atoms with E-state index in [1.54, 1.807) is 7.11 Å². The van der Waals surface area contributed by atoms with Crippen LogP contribution in [0.25, 0.3) is 0 Å². The third-order valence-corrected chi connectivity index (χ3v) is 1.82. The van der Waals surface area contributed by atoms with Gasteiger partial charge in [0, 0.05) is 11.6 Å². The molecule has 0 radical (unpaired) electrons. The maximum atomic E-state index is 5.26. The van der Waals surface area contributed by atoms with Crippen LogP contribution in [-0.4, -0.2) is 13.9 Å². The summed E-state index contributed by atoms with van der Waals surface area (Å²) in [5.41, 5.74) is 1.16. The molecule has 12 heavy (non-hydrogen) atoms. The van der Waals surface area contributed by atoms with Crippen molar-refractivity contribution in [3.63, 3.8) is 0 Å². The van der Waals surface area contributed by atoms with Crippen LogP contribution < -0.4 is 4.74 Å². The quantitative estimate of drug-likeness (QED) is 0.744. The molecule has 0 amide bonds. The van der Waals surface area contributed by atoms with E-state index in [1.165, 1.54) is 0 Å². The number of aryl methyl sites for hydroxylation is 1. The lowest BCUT2D eigenvalue weighted by molar-refractivity contribution is 0.0510. The summed E-state index contributed by atoms with van der Waals surface area (Å²) >= 11 is 3.38. The normalized spacial score (nSPS) is 9.92. The molecule has 0 heterocycles. The lowest BCUT2D eigenvalue weighted by atomic mass is 10.2. The topological polar surface area (TPSA) is 18.5 Å². The summed E-state index contributed by atoms with van der Waals surface area (Å²) in [5.74, 6) is 0.823. The molecular formula is C9H11BrO2. The fourth-order valence-electron chi connectivity index (χ4n) is 0.913. The van der Waals surface area contributed by atoms with E-state index in [0.29, 0.717) is 0 Å². The predicted octanol–water partition coefficient (Wildman–Crippen LogP) is 2.74. The lowest BCUT2D eigenvalue weighted by Crippen LogP contribution is -1.98. The molecule has 3 heteroatoms. The molecular weight excluding hydrogens is 220 g/mol. The zero-order valence-corrected chi connectivity index (χ0v) is 8.72. The van der Waals surface area contributed by atoms with E-state index in [9.17, 15) is 0 Å². The van der Waals surface area contributed by atoms with Crippen molar-refractivity contribution in [2.75, 3.05) is 13.9 Å². The maximum Gasteiger partial charge on any atom is 0.188 e. The number of hydrogen-bond acceptors (Lipinski definition) is 2. The Morgan fingerprint density at radius 2 is 2.08 bits per heavy atom. The molecule has 0 bridgehead atoms. The van der Waals surface area contributed by atoms with Crippen LogP contribution in [0.3, 0.4) is 0 Å². The minimum Gasteiger partial charge on any atom is -0.468 e. The van der Waals surface area contributed by atoms with E-state index in [-0.39, 0.29) is 6.79 Å². The van der Waals surface area contributed by atoms with Gasteiger partial charge in [-0.1, -0.05) is 15.9 Å². The van der Waals surface area contributed by atoms with Gasteiger partial charge in [-0.2, -0.15) is 0 Å². The second-order valence-corrected chi connectivity index (χ2v) is 3.43. The van der Waals surface area contributed by atoms with Crippen LogP contribution in [0, 0.1) is 6.92 Å². The van der Waals surface area contributed by atoms with Gasteiger partial charge in [0.15, 0.2) is 6.79 Å². The van der Waals surface area contributed by atoms with Crippen molar-refractivity contribution in [1.29, 1.82) is 0 Å². The van der Waals surface area contributed by atoms with E-state index in [1.807, 2.05) is 25.1 Å². The molecule has 0 spiro atoms. The molecule has 0 aliphatic rings. The number of halogens is 1. The Labute approximate surface area is 80.6 Å². The number of ether oxygens (including phenoxy) is 2. The molecule has 1 aromatic rings. The summed E-state index contributed by atoms with van der Waals surface area (Å²) in [6.07, 6.45) is 0. The predicted molar refractivity (Wildman–Crippen MR) is 51.4 cm³/mol. The van der Waals surface area contributed by atoms with Gasteiger partial charge in [0.05, 0.1) is 0 Å². The average molecular weight is 231 g/mol. The summed E-state index contributed by atoms with van der Waals surface area (Å²) in [5, 5.41) is 0. The van der Waals surface area contributed by atoms with Gasteiger partial charge in [0.2, 0.25) is 0 Å². The zero-order valence-electron chi connectivity index (χ0n) is 7.13. The third-order valence-electron chi connectivity index (χ3n) is 1.36. The molecule has 0 aliphatic carbocycles. The van der Waals surface area contributed by atoms with Gasteiger partial charge in [-0.3, -0.25) is 0 Å². The summed E-state index contributed by atoms with van der Waals surface area (Å²) in [7, 11) is 1.60. The van der Waals surface area contributed by atoms with Crippen LogP contribution in [0.2, 0.25) is 0 Å². The molecule has 0 atom stereocenters. The Balaban J connectivity index is 2.72. The van der Waals surface area contributed by atoms with Crippen molar-refractivity contribution in [1.82, 2.24) is 0 Å². The number of rotatable bonds is 3. The van der Waals surface area contributed by atoms with Crippen molar-refractivity contribution in [3.05, 3.63) is 28.2 Å². The minimum atomic E-state index is 0.288. The molecule has 0 unspecified atom stereocenters. The summed E-state index contributed by atoms with van der Waals surface area (Å²) in [4.78, 5) is 0.